The Balaban J connectivity index is 1.81. The molecule has 0 radical (unpaired) electrons. The maximum Gasteiger partial charge on any atom is 0.352 e. The van der Waals surface area contributed by atoms with Crippen LogP contribution in [0.25, 0.3) is 10.9 Å². The van der Waals surface area contributed by atoms with Gasteiger partial charge in [0.2, 0.25) is 5.91 Å². The van der Waals surface area contributed by atoms with Gasteiger partial charge in [-0.25, -0.2) is 4.79 Å². The Kier molecular flexibility index (Phi) is 4.33. The number of H-pyrrole nitrogens is 1. The van der Waals surface area contributed by atoms with Gasteiger partial charge in [0.05, 0.1) is 6.42 Å². The van der Waals surface area contributed by atoms with E-state index in [1.807, 2.05) is 55.5 Å². The normalized spacial score (nSPS) is 10.7. The molecule has 1 amide bonds. The molecule has 0 fully saturated rings. The highest BCUT2D eigenvalue weighted by Gasteiger charge is 2.17. The number of benzene rings is 2. The first-order valence-electron chi connectivity index (χ1n) is 7.69. The van der Waals surface area contributed by atoms with Gasteiger partial charge in [0.15, 0.2) is 0 Å². The summed E-state index contributed by atoms with van der Waals surface area (Å²) in [5.74, 6) is -1.17. The number of fused-ring (bicyclic) bond motifs is 1. The minimum Gasteiger partial charge on any atom is -0.477 e. The van der Waals surface area contributed by atoms with E-state index in [1.165, 1.54) is 0 Å². The molecule has 2 aromatic carbocycles. The molecule has 24 heavy (non-hydrogen) atoms. The number of amides is 1. The Morgan fingerprint density at radius 3 is 2.58 bits per heavy atom. The van der Waals surface area contributed by atoms with Crippen molar-refractivity contribution >= 4 is 22.8 Å². The number of hydrogen-bond acceptors (Lipinski definition) is 2. The summed E-state index contributed by atoms with van der Waals surface area (Å²) < 4.78 is 0. The summed E-state index contributed by atoms with van der Waals surface area (Å²) >= 11 is 0. The number of carbonyl (C=O) groups excluding carboxylic acids is 1. The van der Waals surface area contributed by atoms with Crippen molar-refractivity contribution in [3.63, 3.8) is 0 Å². The van der Waals surface area contributed by atoms with Crippen molar-refractivity contribution in [1.82, 2.24) is 10.3 Å². The minimum atomic E-state index is -1.03. The Bertz CT molecular complexity index is 898. The average molecular weight is 322 g/mol. The van der Waals surface area contributed by atoms with Crippen LogP contribution in [-0.2, 0) is 17.8 Å². The fraction of sp³-hybridized carbons (Fsp3) is 0.158. The Morgan fingerprint density at radius 2 is 1.88 bits per heavy atom. The Hall–Kier alpha value is -3.08. The molecule has 0 aliphatic carbocycles. The number of aromatic nitrogens is 1. The first-order valence-corrected chi connectivity index (χ1v) is 7.69. The van der Waals surface area contributed by atoms with Crippen molar-refractivity contribution in [2.45, 2.75) is 19.9 Å². The van der Waals surface area contributed by atoms with Crippen LogP contribution < -0.4 is 5.32 Å². The Labute approximate surface area is 139 Å². The molecule has 122 valence electrons. The number of aryl methyl sites for hydroxylation is 1. The van der Waals surface area contributed by atoms with E-state index in [2.05, 4.69) is 10.3 Å². The van der Waals surface area contributed by atoms with Crippen molar-refractivity contribution in [2.24, 2.45) is 0 Å². The molecule has 3 N–H and O–H groups in total. The quantitative estimate of drug-likeness (QED) is 0.675. The van der Waals surface area contributed by atoms with Crippen LogP contribution in [0.1, 0.15) is 27.2 Å². The van der Waals surface area contributed by atoms with Crippen molar-refractivity contribution in [3.05, 3.63) is 70.9 Å². The molecule has 1 heterocycles. The van der Waals surface area contributed by atoms with Gasteiger partial charge in [0, 0.05) is 23.0 Å². The van der Waals surface area contributed by atoms with Gasteiger partial charge < -0.3 is 15.4 Å². The summed E-state index contributed by atoms with van der Waals surface area (Å²) in [6.07, 6.45) is 0.268. The fourth-order valence-corrected chi connectivity index (χ4v) is 2.76. The molecule has 5 heteroatoms. The fourth-order valence-electron chi connectivity index (χ4n) is 2.76. The molecule has 0 bridgehead atoms. The van der Waals surface area contributed by atoms with E-state index >= 15 is 0 Å². The molecule has 0 aliphatic rings. The lowest BCUT2D eigenvalue weighted by molar-refractivity contribution is -0.120. The van der Waals surface area contributed by atoms with E-state index in [4.69, 9.17) is 0 Å². The summed E-state index contributed by atoms with van der Waals surface area (Å²) in [7, 11) is 0. The zero-order valence-electron chi connectivity index (χ0n) is 13.3. The number of carboxylic acids is 1. The number of carboxylic acid groups (broad SMARTS) is 1. The van der Waals surface area contributed by atoms with Crippen molar-refractivity contribution in [2.75, 3.05) is 0 Å². The maximum absolute atomic E-state index is 12.1. The third kappa shape index (κ3) is 3.30. The van der Waals surface area contributed by atoms with Crippen LogP contribution in [0.3, 0.4) is 0 Å². The molecule has 3 rings (SSSR count). The molecule has 3 aromatic rings. The summed E-state index contributed by atoms with van der Waals surface area (Å²) in [6.45, 7) is 2.13. The van der Waals surface area contributed by atoms with Gasteiger partial charge in [-0.15, -0.1) is 0 Å². The highest BCUT2D eigenvalue weighted by atomic mass is 16.4. The third-order valence-electron chi connectivity index (χ3n) is 3.95. The standard InChI is InChI=1S/C19H18N2O3/c1-12-7-8-16-14(9-12)15(18(21-16)19(23)24)11-20-17(22)10-13-5-3-2-4-6-13/h2-9,21H,10-11H2,1H3,(H,20,22)(H,23,24). The Morgan fingerprint density at radius 1 is 1.12 bits per heavy atom. The van der Waals surface area contributed by atoms with Gasteiger partial charge >= 0.3 is 5.97 Å². The number of nitrogens with one attached hydrogen (secondary N) is 2. The molecular weight excluding hydrogens is 304 g/mol. The highest BCUT2D eigenvalue weighted by molar-refractivity contribution is 5.97. The molecule has 0 aliphatic heterocycles. The average Bonchev–Trinajstić information content (AvgIpc) is 2.92. The highest BCUT2D eigenvalue weighted by Crippen LogP contribution is 2.24. The van der Waals surface area contributed by atoms with E-state index in [9.17, 15) is 14.7 Å². The van der Waals surface area contributed by atoms with E-state index in [1.54, 1.807) is 0 Å². The van der Waals surface area contributed by atoms with Crippen LogP contribution in [-0.4, -0.2) is 22.0 Å². The first-order chi connectivity index (χ1) is 11.5. The monoisotopic (exact) mass is 322 g/mol. The zero-order valence-corrected chi connectivity index (χ0v) is 13.3. The van der Waals surface area contributed by atoms with Gasteiger partial charge in [-0.1, -0.05) is 42.0 Å². The van der Waals surface area contributed by atoms with Crippen LogP contribution in [0.15, 0.2) is 48.5 Å². The van der Waals surface area contributed by atoms with E-state index < -0.39 is 5.97 Å². The van der Waals surface area contributed by atoms with Crippen LogP contribution in [0.4, 0.5) is 0 Å². The molecule has 0 saturated heterocycles. The molecule has 0 saturated carbocycles. The van der Waals surface area contributed by atoms with Crippen molar-refractivity contribution in [3.8, 4) is 0 Å². The van der Waals surface area contributed by atoms with E-state index in [0.29, 0.717) is 5.56 Å². The predicted octanol–water partition coefficient (Wildman–Crippen LogP) is 3.03. The summed E-state index contributed by atoms with van der Waals surface area (Å²) in [6, 6.07) is 15.1. The molecule has 0 unspecified atom stereocenters. The molecular formula is C19H18N2O3. The van der Waals surface area contributed by atoms with Gasteiger partial charge in [-0.05, 0) is 24.6 Å². The second kappa shape index (κ2) is 6.58. The summed E-state index contributed by atoms with van der Waals surface area (Å²) in [4.78, 5) is 26.5. The number of hydrogen-bond donors (Lipinski definition) is 3. The topological polar surface area (TPSA) is 82.2 Å². The number of aromatic carboxylic acids is 1. The zero-order chi connectivity index (χ0) is 17.1. The third-order valence-corrected chi connectivity index (χ3v) is 3.95. The lowest BCUT2D eigenvalue weighted by Crippen LogP contribution is -2.25. The van der Waals surface area contributed by atoms with Crippen LogP contribution in [0.2, 0.25) is 0 Å². The van der Waals surface area contributed by atoms with E-state index in [-0.39, 0.29) is 24.6 Å². The summed E-state index contributed by atoms with van der Waals surface area (Å²) in [5, 5.41) is 13.0. The minimum absolute atomic E-state index is 0.121. The maximum atomic E-state index is 12.1. The van der Waals surface area contributed by atoms with Crippen LogP contribution in [0, 0.1) is 6.92 Å². The molecule has 0 spiro atoms. The molecule has 1 aromatic heterocycles. The van der Waals surface area contributed by atoms with Crippen LogP contribution in [0.5, 0.6) is 0 Å². The van der Waals surface area contributed by atoms with Gasteiger partial charge in [-0.3, -0.25) is 4.79 Å². The molecule has 5 nitrogen and oxygen atoms in total. The second-order valence-corrected chi connectivity index (χ2v) is 5.77. The van der Waals surface area contributed by atoms with E-state index in [0.717, 1.165) is 22.0 Å². The van der Waals surface area contributed by atoms with Crippen molar-refractivity contribution in [1.29, 1.82) is 0 Å². The lowest BCUT2D eigenvalue weighted by Gasteiger charge is -2.06. The lowest BCUT2D eigenvalue weighted by atomic mass is 10.1. The number of carbonyl (C=O) groups is 2. The number of aromatic amines is 1. The SMILES string of the molecule is Cc1ccc2[nH]c(C(=O)O)c(CNC(=O)Cc3ccccc3)c2c1. The van der Waals surface area contributed by atoms with Gasteiger partial charge in [0.1, 0.15) is 5.69 Å². The van der Waals surface area contributed by atoms with Gasteiger partial charge in [-0.2, -0.15) is 0 Å². The number of rotatable bonds is 5. The first kappa shape index (κ1) is 15.8. The van der Waals surface area contributed by atoms with Gasteiger partial charge in [0.25, 0.3) is 0 Å². The second-order valence-electron chi connectivity index (χ2n) is 5.77. The predicted molar refractivity (Wildman–Crippen MR) is 92.0 cm³/mol. The largest absolute Gasteiger partial charge is 0.477 e. The van der Waals surface area contributed by atoms with Crippen LogP contribution >= 0.6 is 0 Å². The summed E-state index contributed by atoms with van der Waals surface area (Å²) in [5.41, 5.74) is 3.43. The smallest absolute Gasteiger partial charge is 0.352 e. The molecule has 0 atom stereocenters. The van der Waals surface area contributed by atoms with Crippen molar-refractivity contribution < 1.29 is 14.7 Å².